The summed E-state index contributed by atoms with van der Waals surface area (Å²) in [5.74, 6) is -1.11. The van der Waals surface area contributed by atoms with Crippen molar-refractivity contribution in [2.45, 2.75) is 6.10 Å². The van der Waals surface area contributed by atoms with Crippen molar-refractivity contribution in [3.63, 3.8) is 0 Å². The quantitative estimate of drug-likeness (QED) is 0.559. The molecule has 0 spiro atoms. The average molecular weight is 354 g/mol. The lowest BCUT2D eigenvalue weighted by Gasteiger charge is -2.09. The molecule has 0 fully saturated rings. The molecule has 1 N–H and O–H groups in total. The Bertz CT molecular complexity index is 845. The van der Waals surface area contributed by atoms with Crippen LogP contribution in [-0.2, 0) is 0 Å². The smallest absolute Gasteiger partial charge is 0.195 e. The highest BCUT2D eigenvalue weighted by atomic mass is 19.1. The van der Waals surface area contributed by atoms with Gasteiger partial charge in [-0.3, -0.25) is 9.59 Å². The molecule has 0 aliphatic carbocycles. The maximum atomic E-state index is 12.7. The van der Waals surface area contributed by atoms with Gasteiger partial charge in [-0.1, -0.05) is 42.5 Å². The second kappa shape index (κ2) is 9.34. The van der Waals surface area contributed by atoms with Gasteiger partial charge >= 0.3 is 0 Å². The molecule has 26 heavy (non-hydrogen) atoms. The Morgan fingerprint density at radius 3 is 1.81 bits per heavy atom. The van der Waals surface area contributed by atoms with Gasteiger partial charge < -0.3 is 5.11 Å². The van der Waals surface area contributed by atoms with Crippen LogP contribution < -0.4 is 0 Å². The van der Waals surface area contributed by atoms with E-state index in [-0.39, 0.29) is 5.82 Å². The highest BCUT2D eigenvalue weighted by Crippen LogP contribution is 2.18. The molecule has 5 heteroatoms. The van der Waals surface area contributed by atoms with Gasteiger partial charge in [0.05, 0.1) is 0 Å². The van der Waals surface area contributed by atoms with Gasteiger partial charge in [0.25, 0.3) is 0 Å². The summed E-state index contributed by atoms with van der Waals surface area (Å²) in [6.45, 7) is 0. The summed E-state index contributed by atoms with van der Waals surface area (Å²) in [6.07, 6.45) is -0.572. The topological polar surface area (TPSA) is 54.4 Å². The van der Waals surface area contributed by atoms with Gasteiger partial charge in [-0.2, -0.15) is 0 Å². The van der Waals surface area contributed by atoms with Crippen molar-refractivity contribution in [1.82, 2.24) is 0 Å². The van der Waals surface area contributed by atoms with E-state index in [1.807, 2.05) is 0 Å². The number of aliphatic hydroxyl groups is 1. The van der Waals surface area contributed by atoms with E-state index < -0.39 is 17.7 Å². The van der Waals surface area contributed by atoms with Gasteiger partial charge in [-0.05, 0) is 42.0 Å². The van der Waals surface area contributed by atoms with Gasteiger partial charge in [0.1, 0.15) is 24.0 Å². The van der Waals surface area contributed by atoms with Crippen LogP contribution >= 0.6 is 0 Å². The first-order valence-corrected chi connectivity index (χ1v) is 7.75. The molecule has 0 aromatic heterocycles. The Balaban J connectivity index is 0.000000228. The summed E-state index contributed by atoms with van der Waals surface area (Å²) in [5, 5.41) is 9.86. The molecule has 3 rings (SSSR count). The molecule has 3 aromatic rings. The van der Waals surface area contributed by atoms with Crippen LogP contribution in [0.25, 0.3) is 0 Å². The zero-order valence-electron chi connectivity index (χ0n) is 13.7. The SMILES string of the molecule is O=C(c1ccccc1)C(O)c1ccc(F)cc1.O=Cc1ccc(F)cc1. The number of aliphatic hydroxyl groups excluding tert-OH is 1. The summed E-state index contributed by atoms with van der Waals surface area (Å²) in [6, 6.07) is 19.1. The molecule has 1 unspecified atom stereocenters. The number of carbonyl (C=O) groups is 2. The third-order valence-electron chi connectivity index (χ3n) is 3.50. The van der Waals surface area contributed by atoms with Crippen LogP contribution in [0.2, 0.25) is 0 Å². The molecule has 132 valence electrons. The molecule has 0 heterocycles. The van der Waals surface area contributed by atoms with E-state index >= 15 is 0 Å². The number of ketones is 1. The molecule has 1 atom stereocenters. The summed E-state index contributed by atoms with van der Waals surface area (Å²) in [7, 11) is 0. The fourth-order valence-electron chi connectivity index (χ4n) is 2.10. The second-order valence-electron chi connectivity index (χ2n) is 5.35. The number of aldehydes is 1. The summed E-state index contributed by atoms with van der Waals surface area (Å²) >= 11 is 0. The van der Waals surface area contributed by atoms with Crippen molar-refractivity contribution in [2.24, 2.45) is 0 Å². The predicted molar refractivity (Wildman–Crippen MR) is 93.9 cm³/mol. The summed E-state index contributed by atoms with van der Waals surface area (Å²) in [5.41, 5.74) is 1.32. The molecular formula is C21H16F2O3. The number of halogens is 2. The van der Waals surface area contributed by atoms with Gasteiger partial charge in [0.2, 0.25) is 0 Å². The number of rotatable bonds is 4. The Morgan fingerprint density at radius 1 is 0.808 bits per heavy atom. The minimum atomic E-state index is -1.25. The van der Waals surface area contributed by atoms with Gasteiger partial charge in [-0.25, -0.2) is 8.78 Å². The minimum absolute atomic E-state index is 0.319. The van der Waals surface area contributed by atoms with E-state index in [1.54, 1.807) is 30.3 Å². The Kier molecular flexibility index (Phi) is 6.88. The molecule has 0 saturated heterocycles. The molecule has 0 aliphatic heterocycles. The van der Waals surface area contributed by atoms with Gasteiger partial charge in [0.15, 0.2) is 5.78 Å². The van der Waals surface area contributed by atoms with Crippen LogP contribution in [0.3, 0.4) is 0 Å². The van der Waals surface area contributed by atoms with Crippen molar-refractivity contribution in [1.29, 1.82) is 0 Å². The van der Waals surface area contributed by atoms with Crippen molar-refractivity contribution in [3.8, 4) is 0 Å². The van der Waals surface area contributed by atoms with E-state index in [0.29, 0.717) is 23.0 Å². The van der Waals surface area contributed by atoms with E-state index in [1.165, 1.54) is 48.5 Å². The van der Waals surface area contributed by atoms with Gasteiger partial charge in [0, 0.05) is 11.1 Å². The molecule has 0 bridgehead atoms. The van der Waals surface area contributed by atoms with Gasteiger partial charge in [-0.15, -0.1) is 0 Å². The van der Waals surface area contributed by atoms with Crippen LogP contribution in [0.15, 0.2) is 78.9 Å². The van der Waals surface area contributed by atoms with E-state index in [0.717, 1.165) is 0 Å². The first-order valence-electron chi connectivity index (χ1n) is 7.75. The number of hydrogen-bond donors (Lipinski definition) is 1. The predicted octanol–water partition coefficient (Wildman–Crippen LogP) is 4.38. The molecular weight excluding hydrogens is 338 g/mol. The fraction of sp³-hybridized carbons (Fsp3) is 0.0476. The highest BCUT2D eigenvalue weighted by Gasteiger charge is 2.18. The largest absolute Gasteiger partial charge is 0.380 e. The standard InChI is InChI=1S/C14H11FO2.C7H5FO/c15-12-8-6-11(7-9-12)14(17)13(16)10-4-2-1-3-5-10;8-7-3-1-6(5-9)2-4-7/h1-9,14,17H;1-5H. The molecule has 3 aromatic carbocycles. The maximum absolute atomic E-state index is 12.7. The average Bonchev–Trinajstić information content (AvgIpc) is 2.69. The van der Waals surface area contributed by atoms with Crippen molar-refractivity contribution < 1.29 is 23.5 Å². The lowest BCUT2D eigenvalue weighted by molar-refractivity contribution is 0.0747. The van der Waals surface area contributed by atoms with E-state index in [2.05, 4.69) is 0 Å². The molecule has 3 nitrogen and oxygen atoms in total. The van der Waals surface area contributed by atoms with Crippen LogP contribution in [-0.4, -0.2) is 17.2 Å². The monoisotopic (exact) mass is 354 g/mol. The minimum Gasteiger partial charge on any atom is -0.380 e. The van der Waals surface area contributed by atoms with Crippen LogP contribution in [0.5, 0.6) is 0 Å². The first kappa shape index (κ1) is 19.1. The Labute approximate surface area is 149 Å². The third-order valence-corrected chi connectivity index (χ3v) is 3.50. The molecule has 0 saturated carbocycles. The Hall–Kier alpha value is -3.18. The molecule has 0 amide bonds. The fourth-order valence-corrected chi connectivity index (χ4v) is 2.10. The normalized spacial score (nSPS) is 11.0. The lowest BCUT2D eigenvalue weighted by atomic mass is 10.0. The van der Waals surface area contributed by atoms with Crippen molar-refractivity contribution >= 4 is 12.1 Å². The third kappa shape index (κ3) is 5.43. The second-order valence-corrected chi connectivity index (χ2v) is 5.35. The van der Waals surface area contributed by atoms with Crippen LogP contribution in [0, 0.1) is 11.6 Å². The first-order chi connectivity index (χ1) is 12.5. The number of benzene rings is 3. The lowest BCUT2D eigenvalue weighted by Crippen LogP contribution is -2.12. The Morgan fingerprint density at radius 2 is 1.31 bits per heavy atom. The highest BCUT2D eigenvalue weighted by molar-refractivity contribution is 5.99. The maximum Gasteiger partial charge on any atom is 0.195 e. The summed E-state index contributed by atoms with van der Waals surface area (Å²) in [4.78, 5) is 21.9. The van der Waals surface area contributed by atoms with Crippen LogP contribution in [0.4, 0.5) is 8.78 Å². The van der Waals surface area contributed by atoms with Crippen LogP contribution in [0.1, 0.15) is 32.4 Å². The van der Waals surface area contributed by atoms with Crippen molar-refractivity contribution in [2.75, 3.05) is 0 Å². The number of hydrogen-bond acceptors (Lipinski definition) is 3. The molecule has 0 radical (unpaired) electrons. The number of carbonyl (C=O) groups excluding carboxylic acids is 2. The van der Waals surface area contributed by atoms with E-state index in [4.69, 9.17) is 0 Å². The zero-order chi connectivity index (χ0) is 18.9. The number of Topliss-reactive ketones (excluding diaryl/α,β-unsaturated/α-hetero) is 1. The summed E-state index contributed by atoms with van der Waals surface area (Å²) < 4.78 is 24.8. The molecule has 0 aliphatic rings. The van der Waals surface area contributed by atoms with E-state index in [9.17, 15) is 23.5 Å². The zero-order valence-corrected chi connectivity index (χ0v) is 13.7. The van der Waals surface area contributed by atoms with Crippen molar-refractivity contribution in [3.05, 3.63) is 107 Å².